The Hall–Kier alpha value is -3.55. The van der Waals surface area contributed by atoms with Crippen LogP contribution in [0.4, 0.5) is 5.69 Å². The SMILES string of the molecule is COC(=O)[C@@]1(Cc2ccccc2N=[N+]=[N-])COC(c2ccc(OCCCO)cc2)=N1. The molecular weight excluding hydrogens is 388 g/mol. The lowest BCUT2D eigenvalue weighted by Gasteiger charge is -2.21. The number of methoxy groups -OCH3 is 1. The summed E-state index contributed by atoms with van der Waals surface area (Å²) in [5.74, 6) is 0.453. The topological polar surface area (TPSA) is 126 Å². The molecule has 30 heavy (non-hydrogen) atoms. The van der Waals surface area contributed by atoms with Crippen LogP contribution in [0.5, 0.6) is 5.75 Å². The van der Waals surface area contributed by atoms with Crippen LogP contribution in [0.1, 0.15) is 17.5 Å². The molecule has 1 aliphatic heterocycles. The number of hydrogen-bond acceptors (Lipinski definition) is 7. The molecule has 1 heterocycles. The minimum Gasteiger partial charge on any atom is -0.494 e. The highest BCUT2D eigenvalue weighted by molar-refractivity contribution is 5.99. The number of hydrogen-bond donors (Lipinski definition) is 1. The van der Waals surface area contributed by atoms with E-state index in [4.69, 9.17) is 24.8 Å². The van der Waals surface area contributed by atoms with E-state index in [9.17, 15) is 4.79 Å². The fraction of sp³-hybridized carbons (Fsp3) is 0.333. The number of esters is 1. The molecule has 1 N–H and O–H groups in total. The molecule has 0 spiro atoms. The van der Waals surface area contributed by atoms with Crippen LogP contribution in [-0.4, -0.2) is 49.4 Å². The van der Waals surface area contributed by atoms with E-state index in [1.807, 2.05) is 0 Å². The van der Waals surface area contributed by atoms with Crippen molar-refractivity contribution in [3.63, 3.8) is 0 Å². The van der Waals surface area contributed by atoms with Gasteiger partial charge >= 0.3 is 5.97 Å². The second kappa shape index (κ2) is 9.78. The minimum absolute atomic E-state index is 0.00829. The Kier molecular flexibility index (Phi) is 6.90. The van der Waals surface area contributed by atoms with Crippen LogP contribution in [0, 0.1) is 0 Å². The molecule has 0 bridgehead atoms. The van der Waals surface area contributed by atoms with Gasteiger partial charge in [-0.3, -0.25) is 0 Å². The summed E-state index contributed by atoms with van der Waals surface area (Å²) in [7, 11) is 1.30. The molecule has 0 aromatic heterocycles. The molecule has 1 aliphatic rings. The van der Waals surface area contributed by atoms with Crippen LogP contribution in [0.15, 0.2) is 58.6 Å². The summed E-state index contributed by atoms with van der Waals surface area (Å²) in [6.45, 7) is 0.499. The number of ether oxygens (including phenoxy) is 3. The number of aliphatic imine (C=N–C) groups is 1. The molecule has 0 radical (unpaired) electrons. The smallest absolute Gasteiger partial charge is 0.337 e. The highest BCUT2D eigenvalue weighted by Crippen LogP contribution is 2.31. The van der Waals surface area contributed by atoms with Gasteiger partial charge < -0.3 is 19.3 Å². The molecule has 156 valence electrons. The van der Waals surface area contributed by atoms with Gasteiger partial charge in [0, 0.05) is 35.6 Å². The average Bonchev–Trinajstić information content (AvgIpc) is 3.20. The third-order valence-electron chi connectivity index (χ3n) is 4.63. The monoisotopic (exact) mass is 410 g/mol. The van der Waals surface area contributed by atoms with Gasteiger partial charge in [0.1, 0.15) is 12.4 Å². The van der Waals surface area contributed by atoms with Gasteiger partial charge in [-0.1, -0.05) is 29.4 Å². The lowest BCUT2D eigenvalue weighted by atomic mass is 9.91. The standard InChI is InChI=1S/C21H22N4O5/c1-28-20(27)21(13-16-5-2-3-6-18(16)24-25-22)14-30-19(23-21)15-7-9-17(10-8-15)29-12-4-11-26/h2-3,5-10,26H,4,11-14H2,1H3/t21-/m1/s1. The molecule has 9 nitrogen and oxygen atoms in total. The third-order valence-corrected chi connectivity index (χ3v) is 4.63. The Labute approximate surface area is 173 Å². The number of rotatable bonds is 9. The molecule has 0 saturated heterocycles. The van der Waals surface area contributed by atoms with Crippen LogP contribution in [-0.2, 0) is 20.7 Å². The summed E-state index contributed by atoms with van der Waals surface area (Å²) in [5, 5.41) is 12.5. The summed E-state index contributed by atoms with van der Waals surface area (Å²) in [4.78, 5) is 20.0. The molecule has 0 unspecified atom stereocenters. The van der Waals surface area contributed by atoms with Crippen LogP contribution in [0.2, 0.25) is 0 Å². The van der Waals surface area contributed by atoms with Gasteiger partial charge in [-0.05, 0) is 35.4 Å². The van der Waals surface area contributed by atoms with Gasteiger partial charge in [0.15, 0.2) is 5.54 Å². The van der Waals surface area contributed by atoms with Gasteiger partial charge in [-0.2, -0.15) is 0 Å². The van der Waals surface area contributed by atoms with Crippen molar-refractivity contribution in [1.82, 2.24) is 0 Å². The molecule has 1 atom stereocenters. The Balaban J connectivity index is 1.86. The molecule has 0 aliphatic carbocycles. The number of carbonyl (C=O) groups is 1. The Morgan fingerprint density at radius 2 is 2.07 bits per heavy atom. The maximum absolute atomic E-state index is 12.6. The number of azide groups is 1. The van der Waals surface area contributed by atoms with Crippen molar-refractivity contribution in [2.45, 2.75) is 18.4 Å². The Morgan fingerprint density at radius 1 is 1.30 bits per heavy atom. The quantitative estimate of drug-likeness (QED) is 0.223. The van der Waals surface area contributed by atoms with Crippen molar-refractivity contribution >= 4 is 17.6 Å². The predicted octanol–water partition coefficient (Wildman–Crippen LogP) is 3.32. The molecule has 0 saturated carbocycles. The molecule has 2 aromatic carbocycles. The van der Waals surface area contributed by atoms with Crippen LogP contribution in [0.25, 0.3) is 10.4 Å². The first kappa shape index (κ1) is 21.2. The van der Waals surface area contributed by atoms with E-state index >= 15 is 0 Å². The normalized spacial score (nSPS) is 17.5. The number of carbonyl (C=O) groups excluding carboxylic acids is 1. The van der Waals surface area contributed by atoms with E-state index in [0.29, 0.717) is 41.5 Å². The van der Waals surface area contributed by atoms with Gasteiger partial charge in [0.2, 0.25) is 5.90 Å². The fourth-order valence-corrected chi connectivity index (χ4v) is 3.12. The third kappa shape index (κ3) is 4.71. The van der Waals surface area contributed by atoms with E-state index in [2.05, 4.69) is 15.0 Å². The molecular formula is C21H22N4O5. The van der Waals surface area contributed by atoms with E-state index in [0.717, 1.165) is 0 Å². The molecule has 2 aromatic rings. The highest BCUT2D eigenvalue weighted by atomic mass is 16.5. The maximum Gasteiger partial charge on any atom is 0.337 e. The van der Waals surface area contributed by atoms with Crippen molar-refractivity contribution in [2.75, 3.05) is 26.9 Å². The van der Waals surface area contributed by atoms with E-state index in [-0.39, 0.29) is 19.6 Å². The summed E-state index contributed by atoms with van der Waals surface area (Å²) < 4.78 is 16.3. The van der Waals surface area contributed by atoms with E-state index in [1.165, 1.54) is 7.11 Å². The zero-order chi connectivity index (χ0) is 21.4. The lowest BCUT2D eigenvalue weighted by molar-refractivity contribution is -0.147. The zero-order valence-electron chi connectivity index (χ0n) is 16.5. The zero-order valence-corrected chi connectivity index (χ0v) is 16.5. The van der Waals surface area contributed by atoms with Gasteiger partial charge in [-0.15, -0.1) is 0 Å². The summed E-state index contributed by atoms with van der Waals surface area (Å²) >= 11 is 0. The van der Waals surface area contributed by atoms with E-state index < -0.39 is 11.5 Å². The number of nitrogens with zero attached hydrogens (tertiary/aromatic N) is 4. The lowest BCUT2D eigenvalue weighted by Crippen LogP contribution is -2.41. The number of aliphatic hydroxyl groups is 1. The second-order valence-electron chi connectivity index (χ2n) is 6.67. The maximum atomic E-state index is 12.6. The largest absolute Gasteiger partial charge is 0.494 e. The van der Waals surface area contributed by atoms with Crippen molar-refractivity contribution < 1.29 is 24.1 Å². The number of aliphatic hydroxyl groups excluding tert-OH is 1. The van der Waals surface area contributed by atoms with Crippen molar-refractivity contribution in [2.24, 2.45) is 10.1 Å². The summed E-state index contributed by atoms with van der Waals surface area (Å²) in [6, 6.07) is 14.1. The minimum atomic E-state index is -1.28. The molecule has 0 fully saturated rings. The molecule has 9 heteroatoms. The van der Waals surface area contributed by atoms with E-state index in [1.54, 1.807) is 48.5 Å². The van der Waals surface area contributed by atoms with Gasteiger partial charge in [0.05, 0.1) is 13.7 Å². The average molecular weight is 410 g/mol. The van der Waals surface area contributed by atoms with Crippen molar-refractivity contribution in [1.29, 1.82) is 0 Å². The first-order valence-electron chi connectivity index (χ1n) is 9.40. The van der Waals surface area contributed by atoms with Gasteiger partial charge in [-0.25, -0.2) is 9.79 Å². The first-order chi connectivity index (χ1) is 14.6. The summed E-state index contributed by atoms with van der Waals surface area (Å²) in [6.07, 6.45) is 0.720. The van der Waals surface area contributed by atoms with Crippen LogP contribution < -0.4 is 4.74 Å². The van der Waals surface area contributed by atoms with Crippen molar-refractivity contribution in [3.8, 4) is 5.75 Å². The Morgan fingerprint density at radius 3 is 2.77 bits per heavy atom. The van der Waals surface area contributed by atoms with Crippen molar-refractivity contribution in [3.05, 3.63) is 70.1 Å². The summed E-state index contributed by atoms with van der Waals surface area (Å²) in [5.41, 5.74) is 9.31. The van der Waals surface area contributed by atoms with Crippen LogP contribution >= 0.6 is 0 Å². The highest BCUT2D eigenvalue weighted by Gasteiger charge is 2.46. The fourth-order valence-electron chi connectivity index (χ4n) is 3.12. The van der Waals surface area contributed by atoms with Crippen LogP contribution in [0.3, 0.4) is 0 Å². The second-order valence-corrected chi connectivity index (χ2v) is 6.67. The van der Waals surface area contributed by atoms with Gasteiger partial charge in [0.25, 0.3) is 0 Å². The Bertz CT molecular complexity index is 970. The molecule has 0 amide bonds. The predicted molar refractivity (Wildman–Crippen MR) is 110 cm³/mol. The molecule has 3 rings (SSSR count). The first-order valence-corrected chi connectivity index (χ1v) is 9.40. The number of benzene rings is 2.